The molecule has 1 aliphatic heterocycles. The Kier molecular flexibility index (Phi) is 4.43. The number of benzene rings is 1. The average Bonchev–Trinajstić information content (AvgIpc) is 2.38. The second kappa shape index (κ2) is 6.06. The van der Waals surface area contributed by atoms with Crippen molar-refractivity contribution in [3.8, 4) is 5.75 Å². The first kappa shape index (κ1) is 12.4. The molecule has 2 nitrogen and oxygen atoms in total. The van der Waals surface area contributed by atoms with Crippen molar-refractivity contribution in [1.82, 2.24) is 5.32 Å². The highest BCUT2D eigenvalue weighted by Gasteiger charge is 2.12. The number of ether oxygens (including phenoxy) is 1. The van der Waals surface area contributed by atoms with Gasteiger partial charge in [0.15, 0.2) is 0 Å². The van der Waals surface area contributed by atoms with Crippen LogP contribution in [-0.2, 0) is 6.42 Å². The van der Waals surface area contributed by atoms with Gasteiger partial charge in [-0.25, -0.2) is 0 Å². The lowest BCUT2D eigenvalue weighted by atomic mass is 9.91. The summed E-state index contributed by atoms with van der Waals surface area (Å²) < 4.78 is 5.29. The lowest BCUT2D eigenvalue weighted by Crippen LogP contribution is -2.27. The number of aryl methyl sites for hydroxylation is 2. The predicted octanol–water partition coefficient (Wildman–Crippen LogP) is 2.94. The number of rotatable bonds is 4. The molecule has 0 bridgehead atoms. The predicted molar refractivity (Wildman–Crippen MR) is 71.6 cm³/mol. The summed E-state index contributed by atoms with van der Waals surface area (Å²) >= 11 is 0. The van der Waals surface area contributed by atoms with E-state index < -0.39 is 0 Å². The summed E-state index contributed by atoms with van der Waals surface area (Å²) in [5.41, 5.74) is 2.69. The van der Waals surface area contributed by atoms with Crippen LogP contribution < -0.4 is 10.1 Å². The number of nitrogens with one attached hydrogen (secondary N) is 1. The van der Waals surface area contributed by atoms with Gasteiger partial charge < -0.3 is 10.1 Å². The first-order valence-electron chi connectivity index (χ1n) is 6.64. The van der Waals surface area contributed by atoms with E-state index in [2.05, 4.69) is 30.4 Å². The van der Waals surface area contributed by atoms with Gasteiger partial charge in [-0.3, -0.25) is 0 Å². The van der Waals surface area contributed by atoms with Crippen LogP contribution in [0, 0.1) is 12.8 Å². The molecule has 0 atom stereocenters. The van der Waals surface area contributed by atoms with E-state index in [4.69, 9.17) is 4.74 Å². The van der Waals surface area contributed by atoms with Crippen LogP contribution in [-0.4, -0.2) is 20.2 Å². The second-order valence-corrected chi connectivity index (χ2v) is 5.04. The third kappa shape index (κ3) is 3.47. The van der Waals surface area contributed by atoms with Crippen LogP contribution in [0.15, 0.2) is 18.2 Å². The first-order valence-corrected chi connectivity index (χ1v) is 6.64. The maximum absolute atomic E-state index is 5.29. The van der Waals surface area contributed by atoms with Gasteiger partial charge in [-0.2, -0.15) is 0 Å². The molecule has 0 spiro atoms. The zero-order valence-electron chi connectivity index (χ0n) is 11.0. The summed E-state index contributed by atoms with van der Waals surface area (Å²) in [6.45, 7) is 4.52. The van der Waals surface area contributed by atoms with Gasteiger partial charge in [-0.15, -0.1) is 0 Å². The van der Waals surface area contributed by atoms with Crippen LogP contribution >= 0.6 is 0 Å². The van der Waals surface area contributed by atoms with Gasteiger partial charge >= 0.3 is 0 Å². The van der Waals surface area contributed by atoms with Gasteiger partial charge in [0, 0.05) is 0 Å². The van der Waals surface area contributed by atoms with Crippen molar-refractivity contribution in [2.75, 3.05) is 20.2 Å². The van der Waals surface area contributed by atoms with E-state index >= 15 is 0 Å². The molecule has 1 aromatic rings. The molecular weight excluding hydrogens is 210 g/mol. The second-order valence-electron chi connectivity index (χ2n) is 5.04. The molecule has 1 aromatic carbocycles. The Bertz CT molecular complexity index is 356. The lowest BCUT2D eigenvalue weighted by molar-refractivity contribution is 0.354. The van der Waals surface area contributed by atoms with Gasteiger partial charge in [-0.05, 0) is 68.8 Å². The van der Waals surface area contributed by atoms with Crippen molar-refractivity contribution in [2.24, 2.45) is 5.92 Å². The topological polar surface area (TPSA) is 21.3 Å². The molecule has 1 saturated heterocycles. The largest absolute Gasteiger partial charge is 0.496 e. The van der Waals surface area contributed by atoms with Crippen LogP contribution in [0.25, 0.3) is 0 Å². The Labute approximate surface area is 104 Å². The zero-order valence-corrected chi connectivity index (χ0v) is 11.0. The van der Waals surface area contributed by atoms with E-state index in [0.717, 1.165) is 11.7 Å². The molecule has 0 radical (unpaired) electrons. The Morgan fingerprint density at radius 3 is 2.71 bits per heavy atom. The monoisotopic (exact) mass is 233 g/mol. The Hall–Kier alpha value is -1.02. The standard InChI is InChI=1S/C15H23NO/c1-12-11-14(5-6-15(12)17-2)4-3-13-7-9-16-10-8-13/h5-6,11,13,16H,3-4,7-10H2,1-2H3. The molecule has 1 heterocycles. The smallest absolute Gasteiger partial charge is 0.121 e. The summed E-state index contributed by atoms with van der Waals surface area (Å²) in [6, 6.07) is 6.56. The van der Waals surface area contributed by atoms with Gasteiger partial charge in [0.05, 0.1) is 7.11 Å². The third-order valence-corrected chi connectivity index (χ3v) is 3.76. The summed E-state index contributed by atoms with van der Waals surface area (Å²) in [4.78, 5) is 0. The van der Waals surface area contributed by atoms with E-state index in [1.807, 2.05) is 0 Å². The Morgan fingerprint density at radius 1 is 1.29 bits per heavy atom. The molecule has 94 valence electrons. The van der Waals surface area contributed by atoms with E-state index in [1.165, 1.54) is 49.9 Å². The van der Waals surface area contributed by atoms with Crippen LogP contribution in [0.1, 0.15) is 30.4 Å². The van der Waals surface area contributed by atoms with Crippen LogP contribution in [0.2, 0.25) is 0 Å². The van der Waals surface area contributed by atoms with Gasteiger partial charge in [0.25, 0.3) is 0 Å². The molecule has 17 heavy (non-hydrogen) atoms. The quantitative estimate of drug-likeness (QED) is 0.863. The van der Waals surface area contributed by atoms with Crippen molar-refractivity contribution in [3.05, 3.63) is 29.3 Å². The summed E-state index contributed by atoms with van der Waals surface area (Å²) in [7, 11) is 1.73. The highest BCUT2D eigenvalue weighted by Crippen LogP contribution is 2.22. The molecule has 1 fully saturated rings. The molecule has 0 saturated carbocycles. The zero-order chi connectivity index (χ0) is 12.1. The fraction of sp³-hybridized carbons (Fsp3) is 0.600. The summed E-state index contributed by atoms with van der Waals surface area (Å²) in [5.74, 6) is 1.91. The van der Waals surface area contributed by atoms with Crippen molar-refractivity contribution >= 4 is 0 Å². The van der Waals surface area contributed by atoms with E-state index in [-0.39, 0.29) is 0 Å². The molecule has 1 N–H and O–H groups in total. The molecule has 2 rings (SSSR count). The molecule has 0 amide bonds. The molecule has 0 aromatic heterocycles. The minimum Gasteiger partial charge on any atom is -0.496 e. The van der Waals surface area contributed by atoms with E-state index in [9.17, 15) is 0 Å². The number of methoxy groups -OCH3 is 1. The van der Waals surface area contributed by atoms with Crippen molar-refractivity contribution in [3.63, 3.8) is 0 Å². The number of piperidine rings is 1. The van der Waals surface area contributed by atoms with Gasteiger partial charge in [-0.1, -0.05) is 12.1 Å². The van der Waals surface area contributed by atoms with E-state index in [0.29, 0.717) is 0 Å². The SMILES string of the molecule is COc1ccc(CCC2CCNCC2)cc1C. The summed E-state index contributed by atoms with van der Waals surface area (Å²) in [6.07, 6.45) is 5.22. The number of hydrogen-bond donors (Lipinski definition) is 1. The fourth-order valence-electron chi connectivity index (χ4n) is 2.64. The van der Waals surface area contributed by atoms with Crippen molar-refractivity contribution in [2.45, 2.75) is 32.6 Å². The van der Waals surface area contributed by atoms with Crippen LogP contribution in [0.3, 0.4) is 0 Å². The molecule has 2 heteroatoms. The highest BCUT2D eigenvalue weighted by molar-refractivity contribution is 5.36. The van der Waals surface area contributed by atoms with Gasteiger partial charge in [0.1, 0.15) is 5.75 Å². The van der Waals surface area contributed by atoms with Crippen molar-refractivity contribution < 1.29 is 4.74 Å². The van der Waals surface area contributed by atoms with E-state index in [1.54, 1.807) is 7.11 Å². The molecule has 1 aliphatic rings. The molecule has 0 unspecified atom stereocenters. The van der Waals surface area contributed by atoms with Gasteiger partial charge in [0.2, 0.25) is 0 Å². The maximum Gasteiger partial charge on any atom is 0.121 e. The number of hydrogen-bond acceptors (Lipinski definition) is 2. The Morgan fingerprint density at radius 2 is 2.06 bits per heavy atom. The minimum atomic E-state index is 0.915. The highest BCUT2D eigenvalue weighted by atomic mass is 16.5. The maximum atomic E-state index is 5.29. The minimum absolute atomic E-state index is 0.915. The first-order chi connectivity index (χ1) is 8.29. The third-order valence-electron chi connectivity index (χ3n) is 3.76. The average molecular weight is 233 g/mol. The van der Waals surface area contributed by atoms with Crippen LogP contribution in [0.5, 0.6) is 5.75 Å². The van der Waals surface area contributed by atoms with Crippen LogP contribution in [0.4, 0.5) is 0 Å². The fourth-order valence-corrected chi connectivity index (χ4v) is 2.64. The van der Waals surface area contributed by atoms with Crippen molar-refractivity contribution in [1.29, 1.82) is 0 Å². The lowest BCUT2D eigenvalue weighted by Gasteiger charge is -2.22. The summed E-state index contributed by atoms with van der Waals surface area (Å²) in [5, 5.41) is 3.42. The molecule has 0 aliphatic carbocycles. The normalized spacial score (nSPS) is 17.1. The Balaban J connectivity index is 1.87. The molecular formula is C15H23NO.